The first-order valence-corrected chi connectivity index (χ1v) is 13.0. The minimum absolute atomic E-state index is 0. The minimum atomic E-state index is 0. The summed E-state index contributed by atoms with van der Waals surface area (Å²) >= 11 is 0. The van der Waals surface area contributed by atoms with Crippen LogP contribution in [0.25, 0.3) is 21.8 Å². The SMILES string of the molecule is Cc1cc(NCCCCCCCCCC[n+]2c(C)cc(N)c3ccccc32)c2ccccc2[nH+]1.[I-].[I-]. The highest BCUT2D eigenvalue weighted by molar-refractivity contribution is 5.89. The fraction of sp³-hybridized carbons (Fsp3) is 0.400. The number of rotatable bonds is 12. The van der Waals surface area contributed by atoms with Gasteiger partial charge in [0.05, 0.1) is 22.1 Å². The quantitative estimate of drug-likeness (QED) is 0.128. The number of nitrogens with two attached hydrogens (primary N) is 1. The first kappa shape index (κ1) is 30.5. The van der Waals surface area contributed by atoms with Gasteiger partial charge in [-0.05, 0) is 25.0 Å². The van der Waals surface area contributed by atoms with Gasteiger partial charge in [0.15, 0.2) is 11.4 Å². The number of nitrogen functional groups attached to an aromatic ring is 1. The molecule has 0 aliphatic carbocycles. The van der Waals surface area contributed by atoms with Crippen LogP contribution in [0.2, 0.25) is 0 Å². The second-order valence-corrected chi connectivity index (χ2v) is 9.58. The summed E-state index contributed by atoms with van der Waals surface area (Å²) in [7, 11) is 0. The summed E-state index contributed by atoms with van der Waals surface area (Å²) in [5, 5.41) is 6.09. The van der Waals surface area contributed by atoms with Gasteiger partial charge in [-0.2, -0.15) is 4.57 Å². The third-order valence-electron chi connectivity index (χ3n) is 6.83. The van der Waals surface area contributed by atoms with Gasteiger partial charge in [-0.15, -0.1) is 0 Å². The lowest BCUT2D eigenvalue weighted by atomic mass is 10.1. The van der Waals surface area contributed by atoms with Gasteiger partial charge in [0, 0.05) is 51.1 Å². The molecule has 194 valence electrons. The number of para-hydroxylation sites is 2. The summed E-state index contributed by atoms with van der Waals surface area (Å²) in [6.45, 7) is 6.40. The maximum atomic E-state index is 6.22. The predicted octanol–water partition coefficient (Wildman–Crippen LogP) is 0.535. The Balaban J connectivity index is 0.00000228. The number of fused-ring (bicyclic) bond motifs is 2. The minimum Gasteiger partial charge on any atom is -1.00 e. The van der Waals surface area contributed by atoms with Crippen LogP contribution >= 0.6 is 0 Å². The molecule has 0 aliphatic rings. The van der Waals surface area contributed by atoms with Crippen molar-refractivity contribution in [3.05, 3.63) is 72.1 Å². The molecule has 4 N–H and O–H groups in total. The van der Waals surface area contributed by atoms with E-state index in [0.717, 1.165) is 24.2 Å². The maximum Gasteiger partial charge on any atom is 0.214 e. The number of nitrogens with one attached hydrogen (secondary N) is 2. The van der Waals surface area contributed by atoms with Gasteiger partial charge in [-0.25, -0.2) is 4.98 Å². The summed E-state index contributed by atoms with van der Waals surface area (Å²) in [5.74, 6) is 0. The number of pyridine rings is 2. The number of aromatic amines is 1. The molecule has 0 unspecified atom stereocenters. The van der Waals surface area contributed by atoms with Gasteiger partial charge in [0.25, 0.3) is 0 Å². The van der Waals surface area contributed by atoms with E-state index in [1.807, 2.05) is 0 Å². The van der Waals surface area contributed by atoms with Gasteiger partial charge in [0.1, 0.15) is 6.54 Å². The molecule has 2 heterocycles. The molecule has 0 amide bonds. The van der Waals surface area contributed by atoms with Crippen molar-refractivity contribution in [1.29, 1.82) is 0 Å². The predicted molar refractivity (Wildman–Crippen MR) is 144 cm³/mol. The number of unbranched alkanes of at least 4 members (excludes halogenated alkanes) is 7. The summed E-state index contributed by atoms with van der Waals surface area (Å²) in [6, 6.07) is 21.3. The molecule has 2 aromatic heterocycles. The number of benzene rings is 2. The Labute approximate surface area is 250 Å². The van der Waals surface area contributed by atoms with Gasteiger partial charge in [-0.1, -0.05) is 56.4 Å². The van der Waals surface area contributed by atoms with E-state index in [9.17, 15) is 0 Å². The lowest BCUT2D eigenvalue weighted by Gasteiger charge is -2.08. The molecule has 0 atom stereocenters. The molecule has 0 bridgehead atoms. The van der Waals surface area contributed by atoms with E-state index >= 15 is 0 Å². The van der Waals surface area contributed by atoms with E-state index in [2.05, 4.69) is 89.4 Å². The number of hydrogen-bond acceptors (Lipinski definition) is 2. The molecular formula is C30H40I2N4. The molecular weight excluding hydrogens is 670 g/mol. The second kappa shape index (κ2) is 15.5. The standard InChI is InChI=1S/C30H38N4.2HI/c1-23-21-29(26-16-9-11-17-28(26)33-23)32-19-13-7-5-3-4-6-8-14-20-34-24(2)22-27(31)25-15-10-12-18-30(25)34;;/h9-12,15-18,21-22,31H,3-8,13-14,19-20H2,1-2H3,(H,32,33);2*1H. The van der Waals surface area contributed by atoms with Crippen molar-refractivity contribution in [1.82, 2.24) is 0 Å². The topological polar surface area (TPSA) is 56.1 Å². The summed E-state index contributed by atoms with van der Waals surface area (Å²) in [5.41, 5.74) is 13.2. The van der Waals surface area contributed by atoms with Crippen molar-refractivity contribution >= 4 is 33.2 Å². The Morgan fingerprint density at radius 2 is 1.36 bits per heavy atom. The zero-order valence-electron chi connectivity index (χ0n) is 21.6. The molecule has 0 saturated carbocycles. The molecule has 0 spiro atoms. The third-order valence-corrected chi connectivity index (χ3v) is 6.83. The highest BCUT2D eigenvalue weighted by atomic mass is 127. The molecule has 4 nitrogen and oxygen atoms in total. The molecule has 4 rings (SSSR count). The summed E-state index contributed by atoms with van der Waals surface area (Å²) < 4.78 is 2.42. The van der Waals surface area contributed by atoms with Crippen LogP contribution in [0.4, 0.5) is 11.4 Å². The van der Waals surface area contributed by atoms with Gasteiger partial charge in [-0.3, -0.25) is 0 Å². The van der Waals surface area contributed by atoms with Crippen LogP contribution in [-0.2, 0) is 6.54 Å². The van der Waals surface area contributed by atoms with Crippen molar-refractivity contribution in [2.45, 2.75) is 71.8 Å². The monoisotopic (exact) mass is 710 g/mol. The number of nitrogens with zero attached hydrogens (tertiary/aromatic N) is 1. The van der Waals surface area contributed by atoms with E-state index in [-0.39, 0.29) is 48.0 Å². The van der Waals surface area contributed by atoms with Gasteiger partial charge >= 0.3 is 0 Å². The normalized spacial score (nSPS) is 10.7. The molecule has 2 aromatic carbocycles. The summed E-state index contributed by atoms with van der Waals surface area (Å²) in [4.78, 5) is 3.44. The maximum absolute atomic E-state index is 6.22. The molecule has 0 radical (unpaired) electrons. The molecule has 0 fully saturated rings. The average Bonchev–Trinajstić information content (AvgIpc) is 2.84. The Morgan fingerprint density at radius 3 is 2.11 bits per heavy atom. The Hall–Kier alpha value is -1.68. The van der Waals surface area contributed by atoms with Crippen LogP contribution in [0.15, 0.2) is 60.7 Å². The van der Waals surface area contributed by atoms with Gasteiger partial charge < -0.3 is 59.0 Å². The Bertz CT molecular complexity index is 1240. The lowest BCUT2D eigenvalue weighted by Crippen LogP contribution is -3.00. The van der Waals surface area contributed by atoms with Crippen molar-refractivity contribution in [3.63, 3.8) is 0 Å². The van der Waals surface area contributed by atoms with Gasteiger partial charge in [0.2, 0.25) is 11.0 Å². The fourth-order valence-corrected chi connectivity index (χ4v) is 5.02. The van der Waals surface area contributed by atoms with Crippen molar-refractivity contribution in [2.75, 3.05) is 17.6 Å². The number of aromatic nitrogens is 2. The van der Waals surface area contributed by atoms with Crippen LogP contribution in [-0.4, -0.2) is 6.54 Å². The number of anilines is 2. The van der Waals surface area contributed by atoms with E-state index in [1.54, 1.807) is 0 Å². The van der Waals surface area contributed by atoms with Crippen molar-refractivity contribution in [3.8, 4) is 0 Å². The lowest BCUT2D eigenvalue weighted by molar-refractivity contribution is -0.677. The van der Waals surface area contributed by atoms with E-state index in [4.69, 9.17) is 5.73 Å². The average molecular weight is 710 g/mol. The number of halogens is 2. The molecule has 0 saturated heterocycles. The van der Waals surface area contributed by atoms with Crippen LogP contribution in [0, 0.1) is 13.8 Å². The molecule has 4 aromatic rings. The first-order chi connectivity index (χ1) is 16.6. The summed E-state index contributed by atoms with van der Waals surface area (Å²) in [6.07, 6.45) is 10.4. The van der Waals surface area contributed by atoms with Crippen molar-refractivity contribution in [2.24, 2.45) is 0 Å². The van der Waals surface area contributed by atoms with Crippen molar-refractivity contribution < 1.29 is 57.5 Å². The molecule has 0 aliphatic heterocycles. The highest BCUT2D eigenvalue weighted by Gasteiger charge is 2.14. The largest absolute Gasteiger partial charge is 1.00 e. The molecule has 36 heavy (non-hydrogen) atoms. The van der Waals surface area contributed by atoms with E-state index in [1.165, 1.54) is 84.9 Å². The number of hydrogen-bond donors (Lipinski definition) is 2. The third kappa shape index (κ3) is 8.16. The second-order valence-electron chi connectivity index (χ2n) is 9.58. The number of H-pyrrole nitrogens is 1. The number of aryl methyl sites for hydroxylation is 3. The van der Waals surface area contributed by atoms with Crippen LogP contribution in [0.5, 0.6) is 0 Å². The smallest absolute Gasteiger partial charge is 0.214 e. The first-order valence-electron chi connectivity index (χ1n) is 13.0. The van der Waals surface area contributed by atoms with Crippen LogP contribution in [0.1, 0.15) is 62.8 Å². The van der Waals surface area contributed by atoms with E-state index < -0.39 is 0 Å². The zero-order valence-corrected chi connectivity index (χ0v) is 25.9. The fourth-order valence-electron chi connectivity index (χ4n) is 5.02. The van der Waals surface area contributed by atoms with Crippen LogP contribution < -0.4 is 68.6 Å². The van der Waals surface area contributed by atoms with Crippen LogP contribution in [0.3, 0.4) is 0 Å². The Kier molecular flexibility index (Phi) is 13.2. The molecule has 6 heteroatoms. The zero-order chi connectivity index (χ0) is 23.8. The highest BCUT2D eigenvalue weighted by Crippen LogP contribution is 2.21. The Morgan fingerprint density at radius 1 is 0.750 bits per heavy atom. The van der Waals surface area contributed by atoms with E-state index in [0.29, 0.717) is 0 Å².